The Balaban J connectivity index is 2.02. The molecule has 122 valence electrons. The molecule has 6 nitrogen and oxygen atoms in total. The number of carbonyl (C=O) groups excluding carboxylic acids is 1. The number of aryl methyl sites for hydroxylation is 2. The standard InChI is InChI=1S/C18H17N3O3/c1-3-21-15-8-7-12(10-14(15)20-17(23)18(21)24)16(22)19-13-6-4-5-11(2)9-13/h4-10H,3H2,1-2H3,(H,19,22)(H,20,23). The van der Waals surface area contributed by atoms with E-state index in [4.69, 9.17) is 0 Å². The minimum atomic E-state index is -0.694. The number of hydrogen-bond donors (Lipinski definition) is 2. The van der Waals surface area contributed by atoms with Gasteiger partial charge in [-0.3, -0.25) is 14.4 Å². The molecule has 0 saturated heterocycles. The van der Waals surface area contributed by atoms with Crippen molar-refractivity contribution in [3.63, 3.8) is 0 Å². The molecule has 0 fully saturated rings. The van der Waals surface area contributed by atoms with Gasteiger partial charge < -0.3 is 14.9 Å². The van der Waals surface area contributed by atoms with Crippen LogP contribution in [0.4, 0.5) is 5.69 Å². The molecule has 0 saturated carbocycles. The lowest BCUT2D eigenvalue weighted by Crippen LogP contribution is -2.36. The topological polar surface area (TPSA) is 84.0 Å². The molecule has 0 bridgehead atoms. The minimum absolute atomic E-state index is 0.280. The second-order valence-corrected chi connectivity index (χ2v) is 5.56. The highest BCUT2D eigenvalue weighted by Gasteiger charge is 2.11. The SMILES string of the molecule is CCn1c(=O)c(=O)[nH]c2cc(C(=O)Nc3cccc(C)c3)ccc21. The number of carbonyl (C=O) groups is 1. The van der Waals surface area contributed by atoms with Gasteiger partial charge in [0.25, 0.3) is 5.91 Å². The van der Waals surface area contributed by atoms with Crippen LogP contribution in [-0.2, 0) is 6.54 Å². The van der Waals surface area contributed by atoms with E-state index in [9.17, 15) is 14.4 Å². The number of aromatic nitrogens is 2. The van der Waals surface area contributed by atoms with Crippen LogP contribution in [0, 0.1) is 6.92 Å². The van der Waals surface area contributed by atoms with Crippen molar-refractivity contribution in [1.82, 2.24) is 9.55 Å². The van der Waals surface area contributed by atoms with Gasteiger partial charge in [-0.1, -0.05) is 12.1 Å². The van der Waals surface area contributed by atoms with Crippen LogP contribution in [0.1, 0.15) is 22.8 Å². The van der Waals surface area contributed by atoms with Gasteiger partial charge >= 0.3 is 11.1 Å². The van der Waals surface area contributed by atoms with E-state index in [0.717, 1.165) is 5.56 Å². The molecule has 0 aliphatic heterocycles. The Morgan fingerprint density at radius 1 is 1.17 bits per heavy atom. The average Bonchev–Trinajstić information content (AvgIpc) is 2.55. The predicted octanol–water partition coefficient (Wildman–Crippen LogP) is 2.27. The van der Waals surface area contributed by atoms with Gasteiger partial charge in [-0.25, -0.2) is 0 Å². The van der Waals surface area contributed by atoms with E-state index < -0.39 is 11.1 Å². The zero-order valence-corrected chi connectivity index (χ0v) is 13.4. The smallest absolute Gasteiger partial charge is 0.316 e. The summed E-state index contributed by atoms with van der Waals surface area (Å²) in [6.45, 7) is 4.12. The van der Waals surface area contributed by atoms with E-state index in [1.54, 1.807) is 25.1 Å². The fourth-order valence-electron chi connectivity index (χ4n) is 2.66. The van der Waals surface area contributed by atoms with Crippen molar-refractivity contribution in [2.45, 2.75) is 20.4 Å². The van der Waals surface area contributed by atoms with Crippen molar-refractivity contribution < 1.29 is 4.79 Å². The number of nitrogens with zero attached hydrogens (tertiary/aromatic N) is 1. The summed E-state index contributed by atoms with van der Waals surface area (Å²) in [6.07, 6.45) is 0. The summed E-state index contributed by atoms with van der Waals surface area (Å²) in [4.78, 5) is 38.5. The van der Waals surface area contributed by atoms with Crippen molar-refractivity contribution >= 4 is 22.6 Å². The summed E-state index contributed by atoms with van der Waals surface area (Å²) >= 11 is 0. The third-order valence-electron chi connectivity index (χ3n) is 3.83. The summed E-state index contributed by atoms with van der Waals surface area (Å²) in [5.41, 5.74) is 1.91. The first-order chi connectivity index (χ1) is 11.5. The van der Waals surface area contributed by atoms with Crippen LogP contribution in [0.25, 0.3) is 11.0 Å². The van der Waals surface area contributed by atoms with Gasteiger partial charge in [0.05, 0.1) is 11.0 Å². The highest BCUT2D eigenvalue weighted by molar-refractivity contribution is 6.05. The lowest BCUT2D eigenvalue weighted by Gasteiger charge is -2.09. The molecule has 1 amide bonds. The molecule has 1 aromatic heterocycles. The quantitative estimate of drug-likeness (QED) is 0.725. The maximum atomic E-state index is 12.4. The third-order valence-corrected chi connectivity index (χ3v) is 3.83. The highest BCUT2D eigenvalue weighted by Crippen LogP contribution is 2.15. The number of amides is 1. The molecule has 0 aliphatic rings. The molecule has 2 N–H and O–H groups in total. The van der Waals surface area contributed by atoms with Gasteiger partial charge in [0.1, 0.15) is 0 Å². The van der Waals surface area contributed by atoms with Crippen LogP contribution in [0.3, 0.4) is 0 Å². The molecule has 0 unspecified atom stereocenters. The van der Waals surface area contributed by atoms with E-state index in [0.29, 0.717) is 28.8 Å². The maximum Gasteiger partial charge on any atom is 0.316 e. The molecule has 0 radical (unpaired) electrons. The van der Waals surface area contributed by atoms with Gasteiger partial charge in [0.15, 0.2) is 0 Å². The van der Waals surface area contributed by atoms with Crippen LogP contribution < -0.4 is 16.4 Å². The van der Waals surface area contributed by atoms with Crippen molar-refractivity contribution in [3.05, 3.63) is 74.3 Å². The molecule has 0 spiro atoms. The number of nitrogens with one attached hydrogen (secondary N) is 2. The summed E-state index contributed by atoms with van der Waals surface area (Å²) < 4.78 is 1.39. The first-order valence-electron chi connectivity index (χ1n) is 7.64. The molecule has 0 atom stereocenters. The van der Waals surface area contributed by atoms with Gasteiger partial charge in [-0.15, -0.1) is 0 Å². The molecule has 1 heterocycles. The zero-order valence-electron chi connectivity index (χ0n) is 13.4. The van der Waals surface area contributed by atoms with Crippen LogP contribution in [0.2, 0.25) is 0 Å². The summed E-state index contributed by atoms with van der Waals surface area (Å²) in [5.74, 6) is -0.280. The molecular formula is C18H17N3O3. The second kappa shape index (κ2) is 6.16. The number of benzene rings is 2. The molecule has 0 aliphatic carbocycles. The Hall–Kier alpha value is -3.15. The Kier molecular flexibility index (Phi) is 4.04. The Labute approximate surface area is 137 Å². The fraction of sp³-hybridized carbons (Fsp3) is 0.167. The number of hydrogen-bond acceptors (Lipinski definition) is 3. The number of aromatic amines is 1. The molecule has 2 aromatic carbocycles. The van der Waals surface area contributed by atoms with Gasteiger partial charge in [0, 0.05) is 17.8 Å². The Morgan fingerprint density at radius 3 is 2.67 bits per heavy atom. The van der Waals surface area contributed by atoms with Crippen LogP contribution in [-0.4, -0.2) is 15.5 Å². The van der Waals surface area contributed by atoms with Crippen LogP contribution >= 0.6 is 0 Å². The lowest BCUT2D eigenvalue weighted by molar-refractivity contribution is 0.102. The van der Waals surface area contributed by atoms with Crippen molar-refractivity contribution in [2.24, 2.45) is 0 Å². The number of fused-ring (bicyclic) bond motifs is 1. The second-order valence-electron chi connectivity index (χ2n) is 5.56. The molecule has 24 heavy (non-hydrogen) atoms. The molecule has 6 heteroatoms. The molecule has 3 aromatic rings. The molecule has 3 rings (SSSR count). The monoisotopic (exact) mass is 323 g/mol. The highest BCUT2D eigenvalue weighted by atomic mass is 16.2. The zero-order chi connectivity index (χ0) is 17.3. The molecular weight excluding hydrogens is 306 g/mol. The lowest BCUT2D eigenvalue weighted by atomic mass is 10.1. The number of H-pyrrole nitrogens is 1. The number of rotatable bonds is 3. The maximum absolute atomic E-state index is 12.4. The van der Waals surface area contributed by atoms with Crippen LogP contribution in [0.5, 0.6) is 0 Å². The van der Waals surface area contributed by atoms with E-state index in [1.807, 2.05) is 31.2 Å². The van der Waals surface area contributed by atoms with Crippen molar-refractivity contribution in [1.29, 1.82) is 0 Å². The van der Waals surface area contributed by atoms with Crippen molar-refractivity contribution in [3.8, 4) is 0 Å². The predicted molar refractivity (Wildman–Crippen MR) is 93.6 cm³/mol. The van der Waals surface area contributed by atoms with E-state index in [2.05, 4.69) is 10.3 Å². The third kappa shape index (κ3) is 2.86. The van der Waals surface area contributed by atoms with Gasteiger partial charge in [-0.05, 0) is 49.7 Å². The van der Waals surface area contributed by atoms with E-state index in [-0.39, 0.29) is 5.91 Å². The summed E-state index contributed by atoms with van der Waals surface area (Å²) in [7, 11) is 0. The minimum Gasteiger partial charge on any atom is -0.322 e. The number of anilines is 1. The Morgan fingerprint density at radius 2 is 1.96 bits per heavy atom. The first-order valence-corrected chi connectivity index (χ1v) is 7.64. The van der Waals surface area contributed by atoms with E-state index in [1.165, 1.54) is 4.57 Å². The van der Waals surface area contributed by atoms with E-state index >= 15 is 0 Å². The largest absolute Gasteiger partial charge is 0.322 e. The summed E-state index contributed by atoms with van der Waals surface area (Å²) in [5, 5.41) is 2.82. The summed E-state index contributed by atoms with van der Waals surface area (Å²) in [6, 6.07) is 12.4. The fourth-order valence-corrected chi connectivity index (χ4v) is 2.66. The first kappa shape index (κ1) is 15.7. The van der Waals surface area contributed by atoms with Crippen molar-refractivity contribution in [2.75, 3.05) is 5.32 Å². The van der Waals surface area contributed by atoms with Crippen LogP contribution in [0.15, 0.2) is 52.1 Å². The normalized spacial score (nSPS) is 10.8. The van der Waals surface area contributed by atoms with Gasteiger partial charge in [0.2, 0.25) is 0 Å². The average molecular weight is 323 g/mol. The Bertz CT molecular complexity index is 1050. The van der Waals surface area contributed by atoms with Gasteiger partial charge in [-0.2, -0.15) is 0 Å².